The van der Waals surface area contributed by atoms with Crippen molar-refractivity contribution in [2.75, 3.05) is 6.54 Å². The molecule has 1 unspecified atom stereocenters. The van der Waals surface area contributed by atoms with E-state index in [1.807, 2.05) is 13.8 Å². The van der Waals surface area contributed by atoms with Crippen LogP contribution >= 0.6 is 0 Å². The first-order chi connectivity index (χ1) is 8.54. The van der Waals surface area contributed by atoms with Gasteiger partial charge in [0.05, 0.1) is 11.5 Å². The Hall–Kier alpha value is -1.39. The van der Waals surface area contributed by atoms with E-state index in [1.165, 1.54) is 4.90 Å². The Morgan fingerprint density at radius 2 is 1.94 bits per heavy atom. The molecular formula is C13H20N2O3. The average Bonchev–Trinajstić information content (AvgIpc) is 2.63. The lowest BCUT2D eigenvalue weighted by Gasteiger charge is -2.31. The fourth-order valence-electron chi connectivity index (χ4n) is 2.93. The molecule has 2 saturated heterocycles. The van der Waals surface area contributed by atoms with Crippen LogP contribution in [0.3, 0.4) is 0 Å². The van der Waals surface area contributed by atoms with Gasteiger partial charge in [-0.05, 0) is 19.3 Å². The van der Waals surface area contributed by atoms with E-state index in [2.05, 4.69) is 5.32 Å². The van der Waals surface area contributed by atoms with Crippen LogP contribution in [0.15, 0.2) is 0 Å². The standard InChI is InChI=1S/C13H20N2O3/c1-3-13(4-2)7-11(17)15(12(13)18)9-5-6-10(16)14-8-9/h9H,3-8H2,1-2H3,(H,14,16). The van der Waals surface area contributed by atoms with Crippen molar-refractivity contribution in [2.24, 2.45) is 5.41 Å². The van der Waals surface area contributed by atoms with Crippen LogP contribution in [0.5, 0.6) is 0 Å². The fourth-order valence-corrected chi connectivity index (χ4v) is 2.93. The molecule has 0 radical (unpaired) electrons. The normalized spacial score (nSPS) is 27.6. The third kappa shape index (κ3) is 1.91. The molecule has 0 aliphatic carbocycles. The maximum Gasteiger partial charge on any atom is 0.236 e. The van der Waals surface area contributed by atoms with E-state index in [0.717, 1.165) is 0 Å². The molecule has 0 spiro atoms. The van der Waals surface area contributed by atoms with E-state index < -0.39 is 5.41 Å². The number of hydrogen-bond donors (Lipinski definition) is 1. The summed E-state index contributed by atoms with van der Waals surface area (Å²) in [5.74, 6) is -0.119. The lowest BCUT2D eigenvalue weighted by atomic mass is 9.81. The number of hydrogen-bond acceptors (Lipinski definition) is 3. The summed E-state index contributed by atoms with van der Waals surface area (Å²) in [5.41, 5.74) is -0.501. The molecule has 2 rings (SSSR count). The summed E-state index contributed by atoms with van der Waals surface area (Å²) < 4.78 is 0. The number of imide groups is 1. The van der Waals surface area contributed by atoms with Crippen LogP contribution < -0.4 is 5.32 Å². The number of carbonyl (C=O) groups excluding carboxylic acids is 3. The Labute approximate surface area is 107 Å². The van der Waals surface area contributed by atoms with Gasteiger partial charge in [-0.2, -0.15) is 0 Å². The first-order valence-electron chi connectivity index (χ1n) is 6.67. The molecule has 18 heavy (non-hydrogen) atoms. The lowest BCUT2D eigenvalue weighted by molar-refractivity contribution is -0.146. The summed E-state index contributed by atoms with van der Waals surface area (Å²) in [4.78, 5) is 37.1. The summed E-state index contributed by atoms with van der Waals surface area (Å²) in [5, 5.41) is 2.73. The summed E-state index contributed by atoms with van der Waals surface area (Å²) in [6, 6.07) is -0.150. The number of rotatable bonds is 3. The zero-order valence-electron chi connectivity index (χ0n) is 11.0. The highest BCUT2D eigenvalue weighted by molar-refractivity contribution is 6.06. The van der Waals surface area contributed by atoms with E-state index in [0.29, 0.717) is 38.6 Å². The van der Waals surface area contributed by atoms with Crippen molar-refractivity contribution in [3.63, 3.8) is 0 Å². The van der Waals surface area contributed by atoms with Crippen LogP contribution in [0.25, 0.3) is 0 Å². The van der Waals surface area contributed by atoms with Crippen LogP contribution in [-0.2, 0) is 14.4 Å². The van der Waals surface area contributed by atoms with Gasteiger partial charge in [0.1, 0.15) is 0 Å². The zero-order chi connectivity index (χ0) is 13.3. The topological polar surface area (TPSA) is 66.5 Å². The zero-order valence-corrected chi connectivity index (χ0v) is 11.0. The second-order valence-electron chi connectivity index (χ2n) is 5.23. The third-order valence-electron chi connectivity index (χ3n) is 4.39. The molecule has 5 heteroatoms. The summed E-state index contributed by atoms with van der Waals surface area (Å²) in [6.07, 6.45) is 2.70. The summed E-state index contributed by atoms with van der Waals surface area (Å²) >= 11 is 0. The molecule has 0 saturated carbocycles. The first kappa shape index (κ1) is 13.1. The monoisotopic (exact) mass is 252 g/mol. The molecule has 0 aromatic rings. The van der Waals surface area contributed by atoms with E-state index >= 15 is 0 Å². The number of amides is 3. The van der Waals surface area contributed by atoms with Gasteiger partial charge >= 0.3 is 0 Å². The minimum atomic E-state index is -0.501. The number of nitrogens with zero attached hydrogens (tertiary/aromatic N) is 1. The predicted molar refractivity (Wildman–Crippen MR) is 65.5 cm³/mol. The van der Waals surface area contributed by atoms with E-state index in [1.54, 1.807) is 0 Å². The Bertz CT molecular complexity index is 378. The average molecular weight is 252 g/mol. The maximum atomic E-state index is 12.5. The highest BCUT2D eigenvalue weighted by Crippen LogP contribution is 2.40. The molecule has 2 aliphatic rings. The quantitative estimate of drug-likeness (QED) is 0.757. The molecule has 5 nitrogen and oxygen atoms in total. The van der Waals surface area contributed by atoms with E-state index in [9.17, 15) is 14.4 Å². The Morgan fingerprint density at radius 3 is 2.39 bits per heavy atom. The molecule has 0 aromatic carbocycles. The van der Waals surface area contributed by atoms with Crippen molar-refractivity contribution < 1.29 is 14.4 Å². The van der Waals surface area contributed by atoms with E-state index in [4.69, 9.17) is 0 Å². The van der Waals surface area contributed by atoms with Crippen molar-refractivity contribution in [1.82, 2.24) is 10.2 Å². The molecule has 3 amide bonds. The van der Waals surface area contributed by atoms with Crippen molar-refractivity contribution in [2.45, 2.75) is 52.0 Å². The molecule has 2 aliphatic heterocycles. The number of piperidine rings is 1. The number of carbonyl (C=O) groups is 3. The van der Waals surface area contributed by atoms with Crippen LogP contribution in [0, 0.1) is 5.41 Å². The molecule has 0 aromatic heterocycles. The van der Waals surface area contributed by atoms with Gasteiger partial charge in [-0.3, -0.25) is 19.3 Å². The molecule has 1 N–H and O–H groups in total. The molecule has 2 heterocycles. The van der Waals surface area contributed by atoms with Crippen LogP contribution in [-0.4, -0.2) is 35.2 Å². The van der Waals surface area contributed by atoms with Crippen molar-refractivity contribution in [3.8, 4) is 0 Å². The minimum absolute atomic E-state index is 0.00240. The maximum absolute atomic E-state index is 12.5. The molecule has 100 valence electrons. The molecule has 0 bridgehead atoms. The molecular weight excluding hydrogens is 232 g/mol. The van der Waals surface area contributed by atoms with Crippen molar-refractivity contribution in [3.05, 3.63) is 0 Å². The predicted octanol–water partition coefficient (Wildman–Crippen LogP) is 0.830. The van der Waals surface area contributed by atoms with Gasteiger partial charge < -0.3 is 5.32 Å². The fraction of sp³-hybridized carbons (Fsp3) is 0.769. The Kier molecular flexibility index (Phi) is 3.41. The second kappa shape index (κ2) is 4.71. The highest BCUT2D eigenvalue weighted by atomic mass is 16.2. The van der Waals surface area contributed by atoms with Crippen LogP contribution in [0.2, 0.25) is 0 Å². The van der Waals surface area contributed by atoms with Crippen LogP contribution in [0.1, 0.15) is 46.0 Å². The van der Waals surface area contributed by atoms with Gasteiger partial charge in [-0.1, -0.05) is 13.8 Å². The van der Waals surface area contributed by atoms with Gasteiger partial charge in [0.15, 0.2) is 0 Å². The van der Waals surface area contributed by atoms with Gasteiger partial charge in [-0.15, -0.1) is 0 Å². The van der Waals surface area contributed by atoms with Gasteiger partial charge in [0, 0.05) is 19.4 Å². The van der Waals surface area contributed by atoms with Gasteiger partial charge in [0.2, 0.25) is 17.7 Å². The van der Waals surface area contributed by atoms with Gasteiger partial charge in [0.25, 0.3) is 0 Å². The van der Waals surface area contributed by atoms with Gasteiger partial charge in [-0.25, -0.2) is 0 Å². The largest absolute Gasteiger partial charge is 0.354 e. The first-order valence-corrected chi connectivity index (χ1v) is 6.67. The van der Waals surface area contributed by atoms with Crippen molar-refractivity contribution >= 4 is 17.7 Å². The van der Waals surface area contributed by atoms with Crippen LogP contribution in [0.4, 0.5) is 0 Å². The second-order valence-corrected chi connectivity index (χ2v) is 5.23. The SMILES string of the molecule is CCC1(CC)CC(=O)N(C2CCC(=O)NC2)C1=O. The summed E-state index contributed by atoms with van der Waals surface area (Å²) in [6.45, 7) is 4.32. The Balaban J connectivity index is 2.17. The lowest BCUT2D eigenvalue weighted by Crippen LogP contribution is -2.51. The summed E-state index contributed by atoms with van der Waals surface area (Å²) in [7, 11) is 0. The molecule has 1 atom stereocenters. The number of nitrogens with one attached hydrogen (secondary N) is 1. The Morgan fingerprint density at radius 1 is 1.28 bits per heavy atom. The minimum Gasteiger partial charge on any atom is -0.354 e. The third-order valence-corrected chi connectivity index (χ3v) is 4.39. The smallest absolute Gasteiger partial charge is 0.236 e. The van der Waals surface area contributed by atoms with E-state index in [-0.39, 0.29) is 23.8 Å². The number of likely N-dealkylation sites (tertiary alicyclic amines) is 1. The molecule has 2 fully saturated rings. The van der Waals surface area contributed by atoms with Crippen molar-refractivity contribution in [1.29, 1.82) is 0 Å². The highest BCUT2D eigenvalue weighted by Gasteiger charge is 2.51.